The molecule has 7 nitrogen and oxygen atoms in total. The van der Waals surface area contributed by atoms with Crippen LogP contribution < -0.4 is 15.5 Å². The first-order chi connectivity index (χ1) is 11.2. The molecule has 1 aliphatic carbocycles. The highest BCUT2D eigenvalue weighted by molar-refractivity contribution is 5.99. The van der Waals surface area contributed by atoms with Gasteiger partial charge in [0, 0.05) is 38.5 Å². The van der Waals surface area contributed by atoms with Crippen LogP contribution >= 0.6 is 0 Å². The van der Waals surface area contributed by atoms with Crippen LogP contribution in [0.5, 0.6) is 0 Å². The van der Waals surface area contributed by atoms with Gasteiger partial charge >= 0.3 is 6.03 Å². The molecule has 1 unspecified atom stereocenters. The van der Waals surface area contributed by atoms with Crippen molar-refractivity contribution in [3.05, 3.63) is 11.8 Å². The third-order valence-corrected chi connectivity index (χ3v) is 4.42. The first kappa shape index (κ1) is 16.7. The van der Waals surface area contributed by atoms with Crippen molar-refractivity contribution >= 4 is 17.8 Å². The molecule has 24 heavy (non-hydrogen) atoms. The summed E-state index contributed by atoms with van der Waals surface area (Å²) in [7, 11) is 1.76. The third kappa shape index (κ3) is 3.34. The summed E-state index contributed by atoms with van der Waals surface area (Å²) in [5.41, 5.74) is 0.805. The molecular formula is C15H21F2N5O2. The molecule has 2 fully saturated rings. The lowest BCUT2D eigenvalue weighted by atomic mass is 9.88. The van der Waals surface area contributed by atoms with E-state index >= 15 is 0 Å². The highest BCUT2D eigenvalue weighted by atomic mass is 19.3. The molecular weight excluding hydrogens is 320 g/mol. The van der Waals surface area contributed by atoms with E-state index in [0.717, 1.165) is 12.1 Å². The zero-order chi connectivity index (χ0) is 17.5. The number of rotatable bonds is 3. The monoisotopic (exact) mass is 341 g/mol. The summed E-state index contributed by atoms with van der Waals surface area (Å²) in [6.07, 6.45) is 0.571. The van der Waals surface area contributed by atoms with Gasteiger partial charge in [-0.1, -0.05) is 0 Å². The number of aromatic nitrogens is 2. The van der Waals surface area contributed by atoms with Crippen molar-refractivity contribution in [3.8, 4) is 0 Å². The second-order valence-corrected chi connectivity index (χ2v) is 6.53. The summed E-state index contributed by atoms with van der Waals surface area (Å²) in [4.78, 5) is 26.2. The van der Waals surface area contributed by atoms with Gasteiger partial charge < -0.3 is 10.6 Å². The molecule has 2 N–H and O–H groups in total. The Kier molecular flexibility index (Phi) is 4.18. The van der Waals surface area contributed by atoms with Crippen LogP contribution in [0.3, 0.4) is 0 Å². The minimum Gasteiger partial charge on any atom is -0.335 e. The maximum absolute atomic E-state index is 12.8. The molecule has 1 saturated carbocycles. The molecule has 9 heteroatoms. The fourth-order valence-electron chi connectivity index (χ4n) is 3.23. The number of urea groups is 1. The molecule has 0 bridgehead atoms. The van der Waals surface area contributed by atoms with Crippen LogP contribution in [0.25, 0.3) is 0 Å². The molecule has 0 aromatic carbocycles. The van der Waals surface area contributed by atoms with Gasteiger partial charge in [0.25, 0.3) is 11.8 Å². The minimum atomic E-state index is -2.69. The average Bonchev–Trinajstić information content (AvgIpc) is 2.78. The highest BCUT2D eigenvalue weighted by Crippen LogP contribution is 2.37. The summed E-state index contributed by atoms with van der Waals surface area (Å²) < 4.78 is 27.2. The van der Waals surface area contributed by atoms with E-state index in [1.54, 1.807) is 16.6 Å². The predicted octanol–water partition coefficient (Wildman–Crippen LogP) is 1.32. The van der Waals surface area contributed by atoms with Crippen molar-refractivity contribution in [2.24, 2.45) is 7.05 Å². The van der Waals surface area contributed by atoms with Crippen LogP contribution in [0.1, 0.15) is 31.4 Å². The van der Waals surface area contributed by atoms with Gasteiger partial charge in [0.05, 0.1) is 5.69 Å². The Balaban J connectivity index is 1.59. The van der Waals surface area contributed by atoms with Crippen LogP contribution in [0, 0.1) is 6.92 Å². The summed E-state index contributed by atoms with van der Waals surface area (Å²) in [5.74, 6) is -2.21. The molecule has 1 atom stereocenters. The number of anilines is 1. The fourth-order valence-corrected chi connectivity index (χ4v) is 3.23. The quantitative estimate of drug-likeness (QED) is 0.870. The van der Waals surface area contributed by atoms with Gasteiger partial charge in [-0.15, -0.1) is 0 Å². The van der Waals surface area contributed by atoms with E-state index in [2.05, 4.69) is 15.7 Å². The number of nitrogens with zero attached hydrogens (tertiary/aromatic N) is 3. The van der Waals surface area contributed by atoms with Gasteiger partial charge in [0.1, 0.15) is 11.9 Å². The third-order valence-electron chi connectivity index (χ3n) is 4.42. The van der Waals surface area contributed by atoms with Crippen molar-refractivity contribution in [2.75, 3.05) is 11.4 Å². The lowest BCUT2D eigenvalue weighted by Gasteiger charge is -2.36. The van der Waals surface area contributed by atoms with Gasteiger partial charge in [-0.2, -0.15) is 5.10 Å². The Morgan fingerprint density at radius 2 is 2.08 bits per heavy atom. The molecule has 1 aliphatic heterocycles. The van der Waals surface area contributed by atoms with Gasteiger partial charge in [0.15, 0.2) is 0 Å². The summed E-state index contributed by atoms with van der Waals surface area (Å²) in [6.45, 7) is 2.40. The van der Waals surface area contributed by atoms with Crippen molar-refractivity contribution in [1.82, 2.24) is 20.4 Å². The predicted molar refractivity (Wildman–Crippen MR) is 83.0 cm³/mol. The SMILES string of the molecule is Cc1cc(N2CCCC(NC(=O)NC3CC(F)(F)C3)C2=O)n(C)n1. The van der Waals surface area contributed by atoms with Crippen LogP contribution in [0.15, 0.2) is 6.07 Å². The minimum absolute atomic E-state index is 0.210. The van der Waals surface area contributed by atoms with E-state index in [4.69, 9.17) is 0 Å². The molecule has 3 rings (SSSR count). The molecule has 2 heterocycles. The molecule has 1 aromatic rings. The van der Waals surface area contributed by atoms with E-state index in [9.17, 15) is 18.4 Å². The van der Waals surface area contributed by atoms with Crippen LogP contribution in [0.4, 0.5) is 19.4 Å². The fraction of sp³-hybridized carbons (Fsp3) is 0.667. The Morgan fingerprint density at radius 1 is 1.38 bits per heavy atom. The Labute approximate surface area is 138 Å². The number of hydrogen-bond donors (Lipinski definition) is 2. The van der Waals surface area contributed by atoms with Gasteiger partial charge in [0.2, 0.25) is 0 Å². The zero-order valence-corrected chi connectivity index (χ0v) is 13.7. The normalized spacial score (nSPS) is 23.8. The van der Waals surface area contributed by atoms with Crippen LogP contribution in [-0.4, -0.2) is 46.3 Å². The molecule has 0 spiro atoms. The smallest absolute Gasteiger partial charge is 0.315 e. The highest BCUT2D eigenvalue weighted by Gasteiger charge is 2.46. The van der Waals surface area contributed by atoms with Crippen molar-refractivity contribution in [1.29, 1.82) is 0 Å². The first-order valence-electron chi connectivity index (χ1n) is 8.02. The number of aryl methyl sites for hydroxylation is 2. The Bertz CT molecular complexity index is 652. The molecule has 1 aromatic heterocycles. The molecule has 2 aliphatic rings. The molecule has 0 radical (unpaired) electrons. The van der Waals surface area contributed by atoms with Gasteiger partial charge in [-0.3, -0.25) is 14.4 Å². The number of carbonyl (C=O) groups is 2. The summed E-state index contributed by atoms with van der Waals surface area (Å²) in [5, 5.41) is 9.33. The number of halogens is 2. The van der Waals surface area contributed by atoms with Crippen LogP contribution in [-0.2, 0) is 11.8 Å². The lowest BCUT2D eigenvalue weighted by molar-refractivity contribution is -0.121. The number of nitrogens with one attached hydrogen (secondary N) is 2. The first-order valence-corrected chi connectivity index (χ1v) is 8.02. The number of alkyl halides is 2. The standard InChI is InChI=1S/C15H21F2N5O2/c1-9-6-12(21(2)20-9)22-5-3-4-11(13(22)23)19-14(24)18-10-7-15(16,17)8-10/h6,10-11H,3-5,7-8H2,1-2H3,(H2,18,19,24). The van der Waals surface area contributed by atoms with Crippen LogP contribution in [0.2, 0.25) is 0 Å². The van der Waals surface area contributed by atoms with E-state index in [-0.39, 0.29) is 18.7 Å². The Morgan fingerprint density at radius 3 is 2.67 bits per heavy atom. The number of amides is 3. The maximum atomic E-state index is 12.8. The number of hydrogen-bond acceptors (Lipinski definition) is 3. The average molecular weight is 341 g/mol. The Hall–Kier alpha value is -2.19. The number of carbonyl (C=O) groups excluding carboxylic acids is 2. The van der Waals surface area contributed by atoms with Crippen molar-refractivity contribution in [2.45, 2.75) is 50.6 Å². The second-order valence-electron chi connectivity index (χ2n) is 6.53. The van der Waals surface area contributed by atoms with Crippen molar-refractivity contribution < 1.29 is 18.4 Å². The summed E-state index contributed by atoms with van der Waals surface area (Å²) >= 11 is 0. The molecule has 1 saturated heterocycles. The molecule has 3 amide bonds. The van der Waals surface area contributed by atoms with E-state index in [0.29, 0.717) is 18.8 Å². The zero-order valence-electron chi connectivity index (χ0n) is 13.7. The van der Waals surface area contributed by atoms with Gasteiger partial charge in [-0.25, -0.2) is 13.6 Å². The molecule has 132 valence electrons. The summed E-state index contributed by atoms with van der Waals surface area (Å²) in [6, 6.07) is 0.0533. The van der Waals surface area contributed by atoms with E-state index < -0.39 is 24.0 Å². The van der Waals surface area contributed by atoms with E-state index in [1.807, 2.05) is 13.0 Å². The van der Waals surface area contributed by atoms with Gasteiger partial charge in [-0.05, 0) is 19.8 Å². The topological polar surface area (TPSA) is 79.3 Å². The number of piperidine rings is 1. The largest absolute Gasteiger partial charge is 0.335 e. The maximum Gasteiger partial charge on any atom is 0.315 e. The van der Waals surface area contributed by atoms with E-state index in [1.165, 1.54) is 0 Å². The lowest BCUT2D eigenvalue weighted by Crippen LogP contribution is -2.58. The van der Waals surface area contributed by atoms with Crippen molar-refractivity contribution in [3.63, 3.8) is 0 Å². The second kappa shape index (κ2) is 6.03.